The van der Waals surface area contributed by atoms with Crippen LogP contribution in [0.3, 0.4) is 0 Å². The van der Waals surface area contributed by atoms with Crippen LogP contribution >= 0.6 is 0 Å². The van der Waals surface area contributed by atoms with Crippen molar-refractivity contribution >= 4 is 5.97 Å². The van der Waals surface area contributed by atoms with Crippen molar-refractivity contribution in [3.05, 3.63) is 69.5 Å². The molecule has 1 aromatic carbocycles. The average Bonchev–Trinajstić information content (AvgIpc) is 2.60. The van der Waals surface area contributed by atoms with Gasteiger partial charge in [0.25, 0.3) is 0 Å². The maximum absolute atomic E-state index is 12.9. The Morgan fingerprint density at radius 1 is 1.35 bits per heavy atom. The number of methoxy groups -OCH3 is 1. The lowest BCUT2D eigenvalue weighted by molar-refractivity contribution is -0.143. The summed E-state index contributed by atoms with van der Waals surface area (Å²) in [4.78, 5) is 16.7. The van der Waals surface area contributed by atoms with Crippen molar-refractivity contribution in [1.82, 2.24) is 5.32 Å². The minimum Gasteiger partial charge on any atom is -0.460 e. The summed E-state index contributed by atoms with van der Waals surface area (Å²) in [6, 6.07) is 7.94. The van der Waals surface area contributed by atoms with Gasteiger partial charge < -0.3 is 14.8 Å². The molecule has 138 valence electrons. The van der Waals surface area contributed by atoms with Gasteiger partial charge in [-0.15, -0.1) is 0 Å². The molecule has 1 aliphatic rings. The van der Waals surface area contributed by atoms with Crippen LogP contribution in [0.1, 0.15) is 44.7 Å². The largest absolute Gasteiger partial charge is 0.460 e. The van der Waals surface area contributed by atoms with Crippen LogP contribution in [0.5, 0.6) is 0 Å². The molecule has 0 spiro atoms. The minimum absolute atomic E-state index is 0.246. The second kappa shape index (κ2) is 8.68. The van der Waals surface area contributed by atoms with Crippen LogP contribution in [0, 0.1) is 6.57 Å². The zero-order valence-corrected chi connectivity index (χ0v) is 16.1. The first kappa shape index (κ1) is 19.7. The second-order valence-corrected chi connectivity index (χ2v) is 6.51. The molecule has 0 aromatic heterocycles. The molecule has 5 heteroatoms. The van der Waals surface area contributed by atoms with Gasteiger partial charge in [0.2, 0.25) is 0 Å². The Balaban J connectivity index is 2.71. The van der Waals surface area contributed by atoms with Crippen LogP contribution < -0.4 is 5.32 Å². The monoisotopic (exact) mass is 354 g/mol. The Kier molecular flexibility index (Phi) is 6.59. The summed E-state index contributed by atoms with van der Waals surface area (Å²) >= 11 is 0. The van der Waals surface area contributed by atoms with E-state index in [9.17, 15) is 4.79 Å². The van der Waals surface area contributed by atoms with Crippen LogP contribution in [0.25, 0.3) is 4.85 Å². The molecular weight excluding hydrogens is 328 g/mol. The Morgan fingerprint density at radius 2 is 2.04 bits per heavy atom. The minimum atomic E-state index is -0.457. The van der Waals surface area contributed by atoms with E-state index in [2.05, 4.69) is 17.1 Å². The molecule has 2 rings (SSSR count). The molecule has 1 heterocycles. The third-order valence-electron chi connectivity index (χ3n) is 4.33. The summed E-state index contributed by atoms with van der Waals surface area (Å²) in [7, 11) is 1.58. The highest BCUT2D eigenvalue weighted by Gasteiger charge is 2.37. The number of benzene rings is 1. The van der Waals surface area contributed by atoms with E-state index in [-0.39, 0.29) is 12.7 Å². The van der Waals surface area contributed by atoms with Crippen LogP contribution in [0.15, 0.2) is 46.9 Å². The van der Waals surface area contributed by atoms with Crippen LogP contribution in [0.2, 0.25) is 0 Å². The van der Waals surface area contributed by atoms with Gasteiger partial charge in [-0.2, -0.15) is 0 Å². The van der Waals surface area contributed by atoms with Crippen molar-refractivity contribution in [2.24, 2.45) is 0 Å². The van der Waals surface area contributed by atoms with Gasteiger partial charge in [0.05, 0.1) is 36.5 Å². The van der Waals surface area contributed by atoms with E-state index >= 15 is 0 Å². The second-order valence-electron chi connectivity index (χ2n) is 6.51. The number of hydrogen-bond donors (Lipinski definition) is 1. The van der Waals surface area contributed by atoms with Crippen LogP contribution in [-0.2, 0) is 20.7 Å². The number of nitrogens with one attached hydrogen (secondary N) is 1. The third-order valence-corrected chi connectivity index (χ3v) is 4.33. The van der Waals surface area contributed by atoms with E-state index in [1.165, 1.54) is 0 Å². The zero-order chi connectivity index (χ0) is 19.3. The lowest BCUT2D eigenvalue weighted by Crippen LogP contribution is -2.32. The van der Waals surface area contributed by atoms with E-state index in [1.54, 1.807) is 7.11 Å². The van der Waals surface area contributed by atoms with Crippen molar-refractivity contribution < 1.29 is 14.3 Å². The molecule has 26 heavy (non-hydrogen) atoms. The predicted octanol–water partition coefficient (Wildman–Crippen LogP) is 3.94. The number of dihydropyridines is 1. The fraction of sp³-hybridized carbons (Fsp3) is 0.429. The summed E-state index contributed by atoms with van der Waals surface area (Å²) in [6.07, 6.45) is 0.570. The van der Waals surface area contributed by atoms with E-state index in [0.29, 0.717) is 17.0 Å². The molecule has 1 aliphatic heterocycles. The number of hydrogen-bond acceptors (Lipinski definition) is 4. The standard InChI is InChI=1S/C21H26N2O3/c1-7-15-10-8-9-11-16(15)18-19(21(24)26-13(2)3)17(12-25-6)23-14(4)20(18)22-5/h8-11,13,18,23H,7,12H2,1-4,6H3. The molecule has 0 aliphatic carbocycles. The lowest BCUT2D eigenvalue weighted by atomic mass is 9.81. The highest BCUT2D eigenvalue weighted by Crippen LogP contribution is 2.40. The van der Waals surface area contributed by atoms with Gasteiger partial charge in [-0.25, -0.2) is 9.64 Å². The summed E-state index contributed by atoms with van der Waals surface area (Å²) in [5.41, 5.74) is 4.44. The summed E-state index contributed by atoms with van der Waals surface area (Å²) < 4.78 is 10.8. The van der Waals surface area contributed by atoms with Gasteiger partial charge in [0, 0.05) is 12.8 Å². The van der Waals surface area contributed by atoms with Crippen molar-refractivity contribution in [3.8, 4) is 0 Å². The molecule has 0 saturated carbocycles. The van der Waals surface area contributed by atoms with Crippen LogP contribution in [0.4, 0.5) is 0 Å². The molecule has 1 aromatic rings. The number of esters is 1. The number of aryl methyl sites for hydroxylation is 1. The van der Waals surface area contributed by atoms with Gasteiger partial charge in [0.15, 0.2) is 5.70 Å². The van der Waals surface area contributed by atoms with E-state index in [0.717, 1.165) is 23.2 Å². The topological polar surface area (TPSA) is 51.9 Å². The maximum Gasteiger partial charge on any atom is 0.335 e. The first-order chi connectivity index (χ1) is 12.4. The molecule has 0 amide bonds. The highest BCUT2D eigenvalue weighted by molar-refractivity contribution is 5.93. The third kappa shape index (κ3) is 3.97. The van der Waals surface area contributed by atoms with E-state index in [4.69, 9.17) is 16.0 Å². The SMILES string of the molecule is [C-]#[N+]C1=C(C)NC(COC)=C(C(=O)OC(C)C)C1c1ccccc1CC. The molecule has 0 saturated heterocycles. The summed E-state index contributed by atoms with van der Waals surface area (Å²) in [6.45, 7) is 15.5. The van der Waals surface area contributed by atoms with E-state index in [1.807, 2.05) is 45.0 Å². The molecular formula is C21H26N2O3. The first-order valence-electron chi connectivity index (χ1n) is 8.80. The summed E-state index contributed by atoms with van der Waals surface area (Å²) in [5, 5.41) is 3.18. The number of rotatable bonds is 6. The fourth-order valence-electron chi connectivity index (χ4n) is 3.25. The normalized spacial score (nSPS) is 17.2. The Labute approximate surface area is 155 Å². The Morgan fingerprint density at radius 3 is 2.62 bits per heavy atom. The molecule has 0 fully saturated rings. The number of ether oxygens (including phenoxy) is 2. The molecule has 1 atom stereocenters. The van der Waals surface area contributed by atoms with Gasteiger partial charge in [-0.05, 0) is 38.3 Å². The molecule has 0 radical (unpaired) electrons. The maximum atomic E-state index is 12.9. The van der Waals surface area contributed by atoms with Gasteiger partial charge in [-0.3, -0.25) is 0 Å². The van der Waals surface area contributed by atoms with Crippen LogP contribution in [-0.4, -0.2) is 25.8 Å². The highest BCUT2D eigenvalue weighted by atomic mass is 16.5. The molecule has 0 bridgehead atoms. The Hall–Kier alpha value is -2.58. The van der Waals surface area contributed by atoms with Gasteiger partial charge in [0.1, 0.15) is 0 Å². The molecule has 5 nitrogen and oxygen atoms in total. The number of nitrogens with zero attached hydrogens (tertiary/aromatic N) is 1. The molecule has 1 unspecified atom stereocenters. The van der Waals surface area contributed by atoms with Gasteiger partial charge >= 0.3 is 5.97 Å². The number of carbonyl (C=O) groups is 1. The van der Waals surface area contributed by atoms with Crippen molar-refractivity contribution in [2.75, 3.05) is 13.7 Å². The fourth-order valence-corrected chi connectivity index (χ4v) is 3.25. The van der Waals surface area contributed by atoms with Crippen molar-refractivity contribution in [2.45, 2.75) is 46.1 Å². The quantitative estimate of drug-likeness (QED) is 0.621. The number of allylic oxidation sites excluding steroid dienone is 2. The summed E-state index contributed by atoms with van der Waals surface area (Å²) in [5.74, 6) is -0.870. The Bertz CT molecular complexity index is 785. The van der Waals surface area contributed by atoms with E-state index < -0.39 is 11.9 Å². The van der Waals surface area contributed by atoms with Gasteiger partial charge in [-0.1, -0.05) is 31.2 Å². The zero-order valence-electron chi connectivity index (χ0n) is 16.1. The average molecular weight is 354 g/mol. The predicted molar refractivity (Wildman–Crippen MR) is 101 cm³/mol. The first-order valence-corrected chi connectivity index (χ1v) is 8.80. The van der Waals surface area contributed by atoms with Crippen molar-refractivity contribution in [3.63, 3.8) is 0 Å². The van der Waals surface area contributed by atoms with Crippen molar-refractivity contribution in [1.29, 1.82) is 0 Å². The molecule has 1 N–H and O–H groups in total. The lowest BCUT2D eigenvalue weighted by Gasteiger charge is -2.31. The smallest absolute Gasteiger partial charge is 0.335 e. The number of carbonyl (C=O) groups excluding carboxylic acids is 1.